The number of aromatic carboxylic acids is 1. The number of hydrogen-bond donors (Lipinski definition) is 2. The van der Waals surface area contributed by atoms with E-state index in [1.54, 1.807) is 13.8 Å². The fourth-order valence-corrected chi connectivity index (χ4v) is 1.82. The van der Waals surface area contributed by atoms with Crippen LogP contribution in [0.4, 0.5) is 0 Å². The third-order valence-corrected chi connectivity index (χ3v) is 2.91. The topological polar surface area (TPSA) is 99.6 Å². The van der Waals surface area contributed by atoms with E-state index in [-0.39, 0.29) is 29.4 Å². The maximum atomic E-state index is 12.3. The average molecular weight is 293 g/mol. The van der Waals surface area contributed by atoms with E-state index in [2.05, 4.69) is 10.3 Å². The van der Waals surface area contributed by atoms with Crippen LogP contribution in [0.15, 0.2) is 12.1 Å². The molecule has 1 aromatic heterocycles. The van der Waals surface area contributed by atoms with E-state index in [1.807, 2.05) is 0 Å². The Morgan fingerprint density at radius 3 is 2.43 bits per heavy atom. The van der Waals surface area contributed by atoms with E-state index in [1.165, 1.54) is 24.0 Å². The van der Waals surface area contributed by atoms with Gasteiger partial charge in [0.2, 0.25) is 5.91 Å². The summed E-state index contributed by atoms with van der Waals surface area (Å²) in [7, 11) is 0. The molecule has 0 spiro atoms. The Kier molecular flexibility index (Phi) is 5.83. The fourth-order valence-electron chi connectivity index (χ4n) is 1.82. The van der Waals surface area contributed by atoms with Gasteiger partial charge in [-0.2, -0.15) is 0 Å². The molecule has 0 fully saturated rings. The first-order valence-corrected chi connectivity index (χ1v) is 6.67. The number of aryl methyl sites for hydroxylation is 1. The van der Waals surface area contributed by atoms with Gasteiger partial charge in [0.25, 0.3) is 5.91 Å². The molecule has 0 saturated carbocycles. The van der Waals surface area contributed by atoms with Crippen LogP contribution in [0.1, 0.15) is 40.4 Å². The number of pyridine rings is 1. The monoisotopic (exact) mass is 293 g/mol. The fraction of sp³-hybridized carbons (Fsp3) is 0.429. The number of rotatable bonds is 6. The van der Waals surface area contributed by atoms with E-state index in [4.69, 9.17) is 5.11 Å². The molecule has 1 heterocycles. The predicted molar refractivity (Wildman–Crippen MR) is 76.2 cm³/mol. The minimum Gasteiger partial charge on any atom is -0.478 e. The number of aromatic nitrogens is 1. The summed E-state index contributed by atoms with van der Waals surface area (Å²) in [6.07, 6.45) is 0. The lowest BCUT2D eigenvalue weighted by Crippen LogP contribution is -2.40. The summed E-state index contributed by atoms with van der Waals surface area (Å²) >= 11 is 0. The van der Waals surface area contributed by atoms with Crippen molar-refractivity contribution in [2.24, 2.45) is 0 Å². The molecule has 7 nitrogen and oxygen atoms in total. The molecule has 1 aromatic rings. The molecular weight excluding hydrogens is 274 g/mol. The van der Waals surface area contributed by atoms with E-state index in [0.29, 0.717) is 13.1 Å². The first-order valence-electron chi connectivity index (χ1n) is 6.67. The maximum absolute atomic E-state index is 12.3. The predicted octanol–water partition coefficient (Wildman–Crippen LogP) is 0.686. The minimum absolute atomic E-state index is 0.0510. The second-order valence-corrected chi connectivity index (χ2v) is 4.41. The van der Waals surface area contributed by atoms with E-state index < -0.39 is 11.9 Å². The standard InChI is InChI=1S/C14H19N3O4/c1-4-15-12(18)8-17(5-2)13(19)11-7-6-10(14(20)21)9(3)16-11/h6-7H,4-5,8H2,1-3H3,(H,15,18)(H,20,21). The number of amides is 2. The number of carboxylic acids is 1. The van der Waals surface area contributed by atoms with Gasteiger partial charge in [-0.3, -0.25) is 9.59 Å². The average Bonchev–Trinajstić information content (AvgIpc) is 2.43. The zero-order valence-electron chi connectivity index (χ0n) is 12.3. The van der Waals surface area contributed by atoms with Crippen molar-refractivity contribution < 1.29 is 19.5 Å². The number of nitrogens with zero attached hydrogens (tertiary/aromatic N) is 2. The van der Waals surface area contributed by atoms with Crippen LogP contribution in [0.25, 0.3) is 0 Å². The van der Waals surface area contributed by atoms with Gasteiger partial charge in [0.1, 0.15) is 5.69 Å². The Bertz CT molecular complexity index is 557. The van der Waals surface area contributed by atoms with Crippen molar-refractivity contribution in [1.82, 2.24) is 15.2 Å². The van der Waals surface area contributed by atoms with Crippen molar-refractivity contribution in [1.29, 1.82) is 0 Å². The summed E-state index contributed by atoms with van der Waals surface area (Å²) in [4.78, 5) is 40.1. The number of carbonyl (C=O) groups excluding carboxylic acids is 2. The van der Waals surface area contributed by atoms with Crippen molar-refractivity contribution in [3.8, 4) is 0 Å². The van der Waals surface area contributed by atoms with Crippen LogP contribution >= 0.6 is 0 Å². The molecule has 21 heavy (non-hydrogen) atoms. The highest BCUT2D eigenvalue weighted by Crippen LogP contribution is 2.09. The first-order chi connectivity index (χ1) is 9.90. The van der Waals surface area contributed by atoms with Crippen molar-refractivity contribution in [2.45, 2.75) is 20.8 Å². The lowest BCUT2D eigenvalue weighted by atomic mass is 10.2. The number of carbonyl (C=O) groups is 3. The third kappa shape index (κ3) is 4.27. The molecular formula is C14H19N3O4. The molecule has 1 rings (SSSR count). The van der Waals surface area contributed by atoms with E-state index in [9.17, 15) is 14.4 Å². The third-order valence-electron chi connectivity index (χ3n) is 2.91. The first kappa shape index (κ1) is 16.6. The van der Waals surface area contributed by atoms with Gasteiger partial charge >= 0.3 is 5.97 Å². The number of carboxylic acid groups (broad SMARTS) is 1. The SMILES string of the molecule is CCNC(=O)CN(CC)C(=O)c1ccc(C(=O)O)c(C)n1. The molecule has 2 N–H and O–H groups in total. The molecule has 0 atom stereocenters. The molecule has 0 aliphatic rings. The Hall–Kier alpha value is -2.44. The summed E-state index contributed by atoms with van der Waals surface area (Å²) in [5, 5.41) is 11.6. The van der Waals surface area contributed by atoms with Gasteiger partial charge in [0.05, 0.1) is 17.8 Å². The number of nitrogens with one attached hydrogen (secondary N) is 1. The van der Waals surface area contributed by atoms with Crippen molar-refractivity contribution in [2.75, 3.05) is 19.6 Å². The van der Waals surface area contributed by atoms with Crippen LogP contribution in [-0.2, 0) is 4.79 Å². The van der Waals surface area contributed by atoms with Gasteiger partial charge in [0, 0.05) is 13.1 Å². The Labute approximate surface area is 123 Å². The molecule has 0 unspecified atom stereocenters. The Morgan fingerprint density at radius 1 is 1.29 bits per heavy atom. The van der Waals surface area contributed by atoms with E-state index in [0.717, 1.165) is 0 Å². The van der Waals surface area contributed by atoms with Crippen molar-refractivity contribution in [3.63, 3.8) is 0 Å². The van der Waals surface area contributed by atoms with E-state index >= 15 is 0 Å². The second kappa shape index (κ2) is 7.37. The molecule has 0 aromatic carbocycles. The van der Waals surface area contributed by atoms with Crippen LogP contribution in [0.5, 0.6) is 0 Å². The van der Waals surface area contributed by atoms with Gasteiger partial charge in [0.15, 0.2) is 0 Å². The second-order valence-electron chi connectivity index (χ2n) is 4.41. The highest BCUT2D eigenvalue weighted by Gasteiger charge is 2.19. The van der Waals surface area contributed by atoms with Gasteiger partial charge in [-0.1, -0.05) is 0 Å². The minimum atomic E-state index is -1.09. The Balaban J connectivity index is 2.92. The van der Waals surface area contributed by atoms with Crippen LogP contribution < -0.4 is 5.32 Å². The molecule has 0 aliphatic heterocycles. The lowest BCUT2D eigenvalue weighted by molar-refractivity contribution is -0.121. The molecule has 0 radical (unpaired) electrons. The van der Waals surface area contributed by atoms with Gasteiger partial charge in [-0.25, -0.2) is 9.78 Å². The number of likely N-dealkylation sites (N-methyl/N-ethyl adjacent to an activating group) is 2. The quantitative estimate of drug-likeness (QED) is 0.803. The van der Waals surface area contributed by atoms with Crippen LogP contribution in [-0.4, -0.2) is 52.4 Å². The molecule has 7 heteroatoms. The maximum Gasteiger partial charge on any atom is 0.337 e. The summed E-state index contributed by atoms with van der Waals surface area (Å²) < 4.78 is 0. The highest BCUT2D eigenvalue weighted by molar-refractivity contribution is 5.96. The zero-order chi connectivity index (χ0) is 16.0. The van der Waals surface area contributed by atoms with Gasteiger partial charge in [-0.05, 0) is 32.9 Å². The van der Waals surface area contributed by atoms with Crippen LogP contribution in [0.2, 0.25) is 0 Å². The largest absolute Gasteiger partial charge is 0.478 e. The molecule has 0 aliphatic carbocycles. The van der Waals surface area contributed by atoms with Crippen molar-refractivity contribution >= 4 is 17.8 Å². The summed E-state index contributed by atoms with van der Waals surface area (Å²) in [6.45, 7) is 5.89. The van der Waals surface area contributed by atoms with Crippen LogP contribution in [0.3, 0.4) is 0 Å². The summed E-state index contributed by atoms with van der Waals surface area (Å²) in [5.41, 5.74) is 0.449. The smallest absolute Gasteiger partial charge is 0.337 e. The lowest BCUT2D eigenvalue weighted by Gasteiger charge is -2.20. The van der Waals surface area contributed by atoms with Crippen LogP contribution in [0, 0.1) is 6.92 Å². The highest BCUT2D eigenvalue weighted by atomic mass is 16.4. The molecule has 114 valence electrons. The Morgan fingerprint density at radius 2 is 1.95 bits per heavy atom. The zero-order valence-corrected chi connectivity index (χ0v) is 12.3. The molecule has 0 saturated heterocycles. The molecule has 0 bridgehead atoms. The summed E-state index contributed by atoms with van der Waals surface area (Å²) in [5.74, 6) is -1.73. The van der Waals surface area contributed by atoms with Gasteiger partial charge in [-0.15, -0.1) is 0 Å². The van der Waals surface area contributed by atoms with Crippen molar-refractivity contribution in [3.05, 3.63) is 29.1 Å². The van der Waals surface area contributed by atoms with Gasteiger partial charge < -0.3 is 15.3 Å². The molecule has 2 amide bonds. The number of hydrogen-bond acceptors (Lipinski definition) is 4. The summed E-state index contributed by atoms with van der Waals surface area (Å²) in [6, 6.07) is 2.71. The normalized spacial score (nSPS) is 10.0.